The molecule has 0 heterocycles. The first kappa shape index (κ1) is 12.0. The van der Waals surface area contributed by atoms with Crippen molar-refractivity contribution in [2.24, 2.45) is 5.73 Å². The van der Waals surface area contributed by atoms with Crippen LogP contribution in [-0.4, -0.2) is 30.4 Å². The molecule has 0 aromatic rings. The first-order valence-electron chi connectivity index (χ1n) is 4.71. The zero-order valence-electron chi connectivity index (χ0n) is 8.47. The number of amides is 1. The van der Waals surface area contributed by atoms with Gasteiger partial charge in [0.05, 0.1) is 6.54 Å². The fourth-order valence-electron chi connectivity index (χ4n) is 1.14. The Morgan fingerprint density at radius 1 is 1.31 bits per heavy atom. The summed E-state index contributed by atoms with van der Waals surface area (Å²) in [5.41, 5.74) is 4.90. The minimum absolute atomic E-state index is 0.548. The van der Waals surface area contributed by atoms with Gasteiger partial charge in [0.2, 0.25) is 0 Å². The zero-order chi connectivity index (χ0) is 10.1. The molecule has 0 atom stereocenters. The molecule has 0 radical (unpaired) electrons. The monoisotopic (exact) mass is 182 g/mol. The van der Waals surface area contributed by atoms with E-state index in [1.807, 2.05) is 0 Å². The molecular weight excluding hydrogens is 164 g/mol. The average molecular weight is 182 g/mol. The van der Waals surface area contributed by atoms with Crippen molar-refractivity contribution in [3.8, 4) is 11.8 Å². The minimum Gasteiger partial charge on any atom is -0.359 e. The van der Waals surface area contributed by atoms with Gasteiger partial charge in [0.25, 0.3) is 5.91 Å². The summed E-state index contributed by atoms with van der Waals surface area (Å²) < 4.78 is 0. The topological polar surface area (TPSA) is 46.3 Å². The average Bonchev–Trinajstić information content (AvgIpc) is 2.04. The van der Waals surface area contributed by atoms with Gasteiger partial charge in [-0.15, -0.1) is 0 Å². The lowest BCUT2D eigenvalue weighted by atomic mass is 10.3. The Labute approximate surface area is 80.3 Å². The summed E-state index contributed by atoms with van der Waals surface area (Å²) >= 11 is 0. The number of nitrogens with zero attached hydrogens (tertiary/aromatic N) is 1. The Morgan fingerprint density at radius 2 is 1.85 bits per heavy atom. The normalized spacial score (nSPS) is 9.46. The summed E-state index contributed by atoms with van der Waals surface area (Å²) in [6.45, 7) is 6.96. The summed E-state index contributed by atoms with van der Waals surface area (Å²) in [6.07, 6.45) is 2.22. The van der Waals surface area contributed by atoms with E-state index in [1.54, 1.807) is 0 Å². The van der Waals surface area contributed by atoms with Crippen molar-refractivity contribution < 1.29 is 4.79 Å². The number of carbonyl (C=O) groups excluding carboxylic acids is 1. The molecule has 0 aromatic heterocycles. The van der Waals surface area contributed by atoms with E-state index in [9.17, 15) is 4.79 Å². The van der Waals surface area contributed by atoms with Crippen molar-refractivity contribution in [2.75, 3.05) is 19.6 Å². The maximum atomic E-state index is 10.3. The molecule has 0 aliphatic heterocycles. The van der Waals surface area contributed by atoms with Gasteiger partial charge in [0.15, 0.2) is 0 Å². The van der Waals surface area contributed by atoms with Gasteiger partial charge < -0.3 is 5.73 Å². The van der Waals surface area contributed by atoms with Gasteiger partial charge in [-0.2, -0.15) is 0 Å². The Morgan fingerprint density at radius 3 is 2.23 bits per heavy atom. The molecule has 0 aliphatic carbocycles. The van der Waals surface area contributed by atoms with Gasteiger partial charge in [-0.3, -0.25) is 9.69 Å². The molecule has 0 unspecified atom stereocenters. The van der Waals surface area contributed by atoms with E-state index in [4.69, 9.17) is 5.73 Å². The molecular formula is C10H18N2O. The Balaban J connectivity index is 3.82. The van der Waals surface area contributed by atoms with Crippen molar-refractivity contribution in [1.82, 2.24) is 4.90 Å². The lowest BCUT2D eigenvalue weighted by molar-refractivity contribution is -0.112. The van der Waals surface area contributed by atoms with E-state index >= 15 is 0 Å². The third-order valence-electron chi connectivity index (χ3n) is 1.59. The van der Waals surface area contributed by atoms with E-state index in [0.717, 1.165) is 25.9 Å². The lowest BCUT2D eigenvalue weighted by Crippen LogP contribution is -2.26. The molecule has 0 saturated heterocycles. The molecule has 3 heteroatoms. The molecule has 0 aliphatic rings. The second-order valence-electron chi connectivity index (χ2n) is 2.94. The van der Waals surface area contributed by atoms with E-state index in [1.165, 1.54) is 0 Å². The highest BCUT2D eigenvalue weighted by Gasteiger charge is 1.98. The molecule has 1 amide bonds. The van der Waals surface area contributed by atoms with Crippen LogP contribution in [0.15, 0.2) is 0 Å². The van der Waals surface area contributed by atoms with Crippen LogP contribution >= 0.6 is 0 Å². The fraction of sp³-hybridized carbons (Fsp3) is 0.700. The van der Waals surface area contributed by atoms with E-state index in [-0.39, 0.29) is 0 Å². The SMILES string of the molecule is CCCN(CC#CC(N)=O)CCC. The van der Waals surface area contributed by atoms with E-state index in [0.29, 0.717) is 6.54 Å². The number of primary amides is 1. The highest BCUT2D eigenvalue weighted by Crippen LogP contribution is 1.92. The molecule has 0 spiro atoms. The minimum atomic E-state index is -0.548. The summed E-state index contributed by atoms with van der Waals surface area (Å²) in [4.78, 5) is 12.5. The van der Waals surface area contributed by atoms with E-state index in [2.05, 4.69) is 30.6 Å². The van der Waals surface area contributed by atoms with Crippen molar-refractivity contribution in [2.45, 2.75) is 26.7 Å². The summed E-state index contributed by atoms with van der Waals surface area (Å²) in [7, 11) is 0. The standard InChI is InChI=1S/C10H18N2O/c1-3-7-12(8-4-2)9-5-6-10(11)13/h3-4,7-9H2,1-2H3,(H2,11,13). The van der Waals surface area contributed by atoms with Crippen LogP contribution in [0.4, 0.5) is 0 Å². The second-order valence-corrected chi connectivity index (χ2v) is 2.94. The number of hydrogen-bond donors (Lipinski definition) is 1. The van der Waals surface area contributed by atoms with Crippen LogP contribution in [0.2, 0.25) is 0 Å². The Bertz CT molecular complexity index is 197. The summed E-state index contributed by atoms with van der Waals surface area (Å²) in [5, 5.41) is 0. The van der Waals surface area contributed by atoms with Crippen molar-refractivity contribution in [1.29, 1.82) is 0 Å². The van der Waals surface area contributed by atoms with Crippen LogP contribution in [0.3, 0.4) is 0 Å². The lowest BCUT2D eigenvalue weighted by Gasteiger charge is -2.17. The molecule has 0 bridgehead atoms. The molecule has 0 fully saturated rings. The summed E-state index contributed by atoms with van der Waals surface area (Å²) in [6, 6.07) is 0. The predicted octanol–water partition coefficient (Wildman–Crippen LogP) is 0.597. The third kappa shape index (κ3) is 7.35. The van der Waals surface area contributed by atoms with Crippen LogP contribution in [0, 0.1) is 11.8 Å². The largest absolute Gasteiger partial charge is 0.359 e. The quantitative estimate of drug-likeness (QED) is 0.633. The highest BCUT2D eigenvalue weighted by molar-refractivity contribution is 5.91. The van der Waals surface area contributed by atoms with Gasteiger partial charge in [-0.05, 0) is 31.9 Å². The fourth-order valence-corrected chi connectivity index (χ4v) is 1.14. The molecule has 0 saturated carbocycles. The maximum Gasteiger partial charge on any atom is 0.293 e. The molecule has 74 valence electrons. The zero-order valence-corrected chi connectivity index (χ0v) is 8.47. The number of carbonyl (C=O) groups is 1. The van der Waals surface area contributed by atoms with Gasteiger partial charge >= 0.3 is 0 Å². The summed E-state index contributed by atoms with van der Waals surface area (Å²) in [5.74, 6) is 4.55. The predicted molar refractivity (Wildman–Crippen MR) is 54.0 cm³/mol. The van der Waals surface area contributed by atoms with Gasteiger partial charge in [0.1, 0.15) is 0 Å². The molecule has 2 N–H and O–H groups in total. The number of rotatable bonds is 5. The van der Waals surface area contributed by atoms with E-state index < -0.39 is 5.91 Å². The number of hydrogen-bond acceptors (Lipinski definition) is 2. The molecule has 0 aromatic carbocycles. The molecule has 3 nitrogen and oxygen atoms in total. The molecule has 13 heavy (non-hydrogen) atoms. The smallest absolute Gasteiger partial charge is 0.293 e. The van der Waals surface area contributed by atoms with Crippen molar-refractivity contribution in [3.63, 3.8) is 0 Å². The van der Waals surface area contributed by atoms with Gasteiger partial charge in [-0.25, -0.2) is 0 Å². The van der Waals surface area contributed by atoms with Crippen LogP contribution in [0.5, 0.6) is 0 Å². The van der Waals surface area contributed by atoms with Gasteiger partial charge in [-0.1, -0.05) is 19.8 Å². The Kier molecular flexibility index (Phi) is 7.04. The third-order valence-corrected chi connectivity index (χ3v) is 1.59. The number of nitrogens with two attached hydrogens (primary N) is 1. The van der Waals surface area contributed by atoms with Crippen LogP contribution in [0.25, 0.3) is 0 Å². The van der Waals surface area contributed by atoms with Crippen molar-refractivity contribution >= 4 is 5.91 Å². The van der Waals surface area contributed by atoms with Crippen LogP contribution in [-0.2, 0) is 4.79 Å². The second kappa shape index (κ2) is 7.63. The maximum absolute atomic E-state index is 10.3. The Hall–Kier alpha value is -1.01. The van der Waals surface area contributed by atoms with Crippen molar-refractivity contribution in [3.05, 3.63) is 0 Å². The van der Waals surface area contributed by atoms with Crippen LogP contribution in [0.1, 0.15) is 26.7 Å². The van der Waals surface area contributed by atoms with Gasteiger partial charge in [0, 0.05) is 0 Å². The first-order valence-corrected chi connectivity index (χ1v) is 4.71. The molecule has 0 rings (SSSR count). The van der Waals surface area contributed by atoms with Crippen LogP contribution < -0.4 is 5.73 Å². The first-order chi connectivity index (χ1) is 6.20. The highest BCUT2D eigenvalue weighted by atomic mass is 16.1.